The highest BCUT2D eigenvalue weighted by Crippen LogP contribution is 2.23. The van der Waals surface area contributed by atoms with E-state index >= 15 is 0 Å². The number of halogens is 1. The maximum atomic E-state index is 12.9. The molecule has 0 bridgehead atoms. The number of Topliss-reactive ketones (excluding diaryl/α,β-unsaturated/α-hetero) is 1. The summed E-state index contributed by atoms with van der Waals surface area (Å²) < 4.78 is 12.9. The molecule has 0 saturated carbocycles. The van der Waals surface area contributed by atoms with Gasteiger partial charge in [-0.15, -0.1) is 0 Å². The molecule has 3 heteroatoms. The first-order chi connectivity index (χ1) is 6.00. The molecular weight excluding hydrogens is 171 g/mol. The van der Waals surface area contributed by atoms with Crippen molar-refractivity contribution in [3.8, 4) is 5.75 Å². The molecule has 1 aromatic rings. The van der Waals surface area contributed by atoms with Crippen LogP contribution >= 0.6 is 0 Å². The normalized spacial score (nSPS) is 10.1. The Hall–Kier alpha value is -1.38. The van der Waals surface area contributed by atoms with Gasteiger partial charge in [-0.1, -0.05) is 6.07 Å². The fourth-order valence-corrected chi connectivity index (χ4v) is 1.21. The summed E-state index contributed by atoms with van der Waals surface area (Å²) in [6.07, 6.45) is 0.0738. The SMILES string of the molecule is CC(=O)Cc1cc(C)cc(F)c1O. The number of carbonyl (C=O) groups is 1. The number of benzene rings is 1. The van der Waals surface area contributed by atoms with Gasteiger partial charge in [0.05, 0.1) is 0 Å². The highest BCUT2D eigenvalue weighted by atomic mass is 19.1. The van der Waals surface area contributed by atoms with Crippen LogP contribution in [-0.2, 0) is 11.2 Å². The Morgan fingerprint density at radius 1 is 1.54 bits per heavy atom. The van der Waals surface area contributed by atoms with Gasteiger partial charge >= 0.3 is 0 Å². The van der Waals surface area contributed by atoms with E-state index in [0.717, 1.165) is 0 Å². The van der Waals surface area contributed by atoms with Crippen molar-refractivity contribution >= 4 is 5.78 Å². The summed E-state index contributed by atoms with van der Waals surface area (Å²) in [4.78, 5) is 10.8. The molecule has 0 radical (unpaired) electrons. The number of carbonyl (C=O) groups excluding carboxylic acids is 1. The maximum absolute atomic E-state index is 12.9. The molecule has 13 heavy (non-hydrogen) atoms. The first-order valence-electron chi connectivity index (χ1n) is 3.98. The van der Waals surface area contributed by atoms with Gasteiger partial charge in [-0.2, -0.15) is 0 Å². The van der Waals surface area contributed by atoms with Gasteiger partial charge in [0.2, 0.25) is 0 Å². The number of hydrogen-bond acceptors (Lipinski definition) is 2. The summed E-state index contributed by atoms with van der Waals surface area (Å²) in [5.41, 5.74) is 1.05. The number of aryl methyl sites for hydroxylation is 1. The molecule has 0 aromatic heterocycles. The Labute approximate surface area is 76.0 Å². The van der Waals surface area contributed by atoms with Crippen LogP contribution in [-0.4, -0.2) is 10.9 Å². The minimum absolute atomic E-state index is 0.0738. The summed E-state index contributed by atoms with van der Waals surface area (Å²) >= 11 is 0. The summed E-state index contributed by atoms with van der Waals surface area (Å²) in [7, 11) is 0. The zero-order valence-corrected chi connectivity index (χ0v) is 7.60. The van der Waals surface area contributed by atoms with Crippen molar-refractivity contribution in [3.63, 3.8) is 0 Å². The molecule has 0 fully saturated rings. The predicted octanol–water partition coefficient (Wildman–Crippen LogP) is 1.97. The second kappa shape index (κ2) is 3.56. The third kappa shape index (κ3) is 2.28. The molecule has 0 aliphatic heterocycles. The fraction of sp³-hybridized carbons (Fsp3) is 0.300. The number of rotatable bonds is 2. The van der Waals surface area contributed by atoms with Gasteiger partial charge in [0.1, 0.15) is 5.78 Å². The number of aromatic hydroxyl groups is 1. The van der Waals surface area contributed by atoms with Crippen LogP contribution in [0.15, 0.2) is 12.1 Å². The molecule has 0 saturated heterocycles. The van der Waals surface area contributed by atoms with Crippen molar-refractivity contribution in [3.05, 3.63) is 29.1 Å². The largest absolute Gasteiger partial charge is 0.505 e. The first-order valence-corrected chi connectivity index (χ1v) is 3.98. The molecule has 0 heterocycles. The second-order valence-electron chi connectivity index (χ2n) is 3.13. The van der Waals surface area contributed by atoms with Crippen LogP contribution in [0.1, 0.15) is 18.1 Å². The van der Waals surface area contributed by atoms with Crippen LogP contribution in [0.25, 0.3) is 0 Å². The molecule has 0 spiro atoms. The first kappa shape index (κ1) is 9.71. The lowest BCUT2D eigenvalue weighted by atomic mass is 10.1. The van der Waals surface area contributed by atoms with Gasteiger partial charge in [0, 0.05) is 12.0 Å². The molecule has 0 amide bonds. The van der Waals surface area contributed by atoms with Crippen LogP contribution in [0, 0.1) is 12.7 Å². The zero-order chi connectivity index (χ0) is 10.0. The standard InChI is InChI=1S/C10H11FO2/c1-6-3-8(5-7(2)12)10(13)9(11)4-6/h3-4,13H,5H2,1-2H3. The lowest BCUT2D eigenvalue weighted by molar-refractivity contribution is -0.116. The minimum atomic E-state index is -0.670. The molecule has 0 atom stereocenters. The molecule has 0 aliphatic carbocycles. The monoisotopic (exact) mass is 182 g/mol. The second-order valence-corrected chi connectivity index (χ2v) is 3.13. The summed E-state index contributed by atoms with van der Waals surface area (Å²) in [6, 6.07) is 2.85. The minimum Gasteiger partial charge on any atom is -0.505 e. The van der Waals surface area contributed by atoms with Crippen LogP contribution < -0.4 is 0 Å². The van der Waals surface area contributed by atoms with E-state index < -0.39 is 11.6 Å². The van der Waals surface area contributed by atoms with E-state index in [2.05, 4.69) is 0 Å². The Kier molecular flexibility index (Phi) is 2.66. The average molecular weight is 182 g/mol. The summed E-state index contributed by atoms with van der Waals surface area (Å²) in [6.45, 7) is 3.12. The third-order valence-electron chi connectivity index (χ3n) is 1.73. The van der Waals surface area contributed by atoms with E-state index in [4.69, 9.17) is 0 Å². The topological polar surface area (TPSA) is 37.3 Å². The molecule has 0 unspecified atom stereocenters. The maximum Gasteiger partial charge on any atom is 0.165 e. The Balaban J connectivity index is 3.12. The average Bonchev–Trinajstić information content (AvgIpc) is 1.98. The Bertz CT molecular complexity index is 345. The van der Waals surface area contributed by atoms with Gasteiger partial charge in [0.25, 0.3) is 0 Å². The van der Waals surface area contributed by atoms with Crippen LogP contribution in [0.2, 0.25) is 0 Å². The quantitative estimate of drug-likeness (QED) is 0.759. The predicted molar refractivity (Wildman–Crippen MR) is 47.2 cm³/mol. The summed E-state index contributed by atoms with van der Waals surface area (Å²) in [5.74, 6) is -1.18. The van der Waals surface area contributed by atoms with E-state index in [0.29, 0.717) is 11.1 Å². The third-order valence-corrected chi connectivity index (χ3v) is 1.73. The number of phenols is 1. The van der Waals surface area contributed by atoms with E-state index in [9.17, 15) is 14.3 Å². The lowest BCUT2D eigenvalue weighted by Gasteiger charge is -2.04. The molecule has 1 N–H and O–H groups in total. The van der Waals surface area contributed by atoms with Gasteiger partial charge in [-0.25, -0.2) is 4.39 Å². The van der Waals surface area contributed by atoms with Crippen molar-refractivity contribution < 1.29 is 14.3 Å². The van der Waals surface area contributed by atoms with Crippen molar-refractivity contribution in [2.24, 2.45) is 0 Å². The molecule has 2 nitrogen and oxygen atoms in total. The lowest BCUT2D eigenvalue weighted by Crippen LogP contribution is -1.98. The van der Waals surface area contributed by atoms with E-state index in [1.165, 1.54) is 13.0 Å². The van der Waals surface area contributed by atoms with E-state index in [-0.39, 0.29) is 12.2 Å². The van der Waals surface area contributed by atoms with Gasteiger partial charge in [-0.05, 0) is 25.5 Å². The highest BCUT2D eigenvalue weighted by molar-refractivity contribution is 5.79. The van der Waals surface area contributed by atoms with Crippen LogP contribution in [0.5, 0.6) is 5.75 Å². The number of ketones is 1. The molecule has 0 aliphatic rings. The van der Waals surface area contributed by atoms with Crippen molar-refractivity contribution in [1.82, 2.24) is 0 Å². The number of phenolic OH excluding ortho intramolecular Hbond substituents is 1. The Morgan fingerprint density at radius 2 is 2.15 bits per heavy atom. The van der Waals surface area contributed by atoms with E-state index in [1.807, 2.05) is 0 Å². The summed E-state index contributed by atoms with van der Waals surface area (Å²) in [5, 5.41) is 9.24. The van der Waals surface area contributed by atoms with E-state index in [1.54, 1.807) is 13.0 Å². The molecule has 70 valence electrons. The van der Waals surface area contributed by atoms with Crippen LogP contribution in [0.4, 0.5) is 4.39 Å². The fourth-order valence-electron chi connectivity index (χ4n) is 1.21. The van der Waals surface area contributed by atoms with Gasteiger partial charge < -0.3 is 5.11 Å². The zero-order valence-electron chi connectivity index (χ0n) is 7.60. The molecular formula is C10H11FO2. The number of hydrogen-bond donors (Lipinski definition) is 1. The highest BCUT2D eigenvalue weighted by Gasteiger charge is 2.09. The van der Waals surface area contributed by atoms with Crippen molar-refractivity contribution in [2.75, 3.05) is 0 Å². The van der Waals surface area contributed by atoms with Gasteiger partial charge in [-0.3, -0.25) is 4.79 Å². The van der Waals surface area contributed by atoms with Crippen molar-refractivity contribution in [1.29, 1.82) is 0 Å². The molecule has 1 aromatic carbocycles. The van der Waals surface area contributed by atoms with Crippen molar-refractivity contribution in [2.45, 2.75) is 20.3 Å². The van der Waals surface area contributed by atoms with Crippen LogP contribution in [0.3, 0.4) is 0 Å². The molecule has 1 rings (SSSR count). The van der Waals surface area contributed by atoms with Gasteiger partial charge in [0.15, 0.2) is 11.6 Å². The Morgan fingerprint density at radius 3 is 2.69 bits per heavy atom. The smallest absolute Gasteiger partial charge is 0.165 e.